The summed E-state index contributed by atoms with van der Waals surface area (Å²) in [5.74, 6) is -1.02. The predicted octanol–water partition coefficient (Wildman–Crippen LogP) is 2.86. The number of ether oxygens (including phenoxy) is 1. The van der Waals surface area contributed by atoms with Gasteiger partial charge in [0.05, 0.1) is 12.7 Å². The van der Waals surface area contributed by atoms with Gasteiger partial charge in [-0.3, -0.25) is 9.59 Å². The molecule has 0 fully saturated rings. The first-order valence-corrected chi connectivity index (χ1v) is 7.81. The average Bonchev–Trinajstić information content (AvgIpc) is 3.04. The molecule has 2 N–H and O–H groups in total. The van der Waals surface area contributed by atoms with E-state index in [1.807, 2.05) is 24.3 Å². The van der Waals surface area contributed by atoms with E-state index < -0.39 is 17.5 Å². The van der Waals surface area contributed by atoms with Crippen LogP contribution in [0.5, 0.6) is 5.75 Å². The third-order valence-corrected chi connectivity index (χ3v) is 3.97. The van der Waals surface area contributed by atoms with Gasteiger partial charge >= 0.3 is 0 Å². The summed E-state index contributed by atoms with van der Waals surface area (Å²) < 4.78 is 18.5. The fraction of sp³-hybridized carbons (Fsp3) is 0.158. The summed E-state index contributed by atoms with van der Waals surface area (Å²) in [5.41, 5.74) is 1.65. The van der Waals surface area contributed by atoms with Gasteiger partial charge in [0, 0.05) is 23.6 Å². The van der Waals surface area contributed by atoms with Crippen molar-refractivity contribution in [2.45, 2.75) is 6.42 Å². The lowest BCUT2D eigenvalue weighted by molar-refractivity contribution is -0.116. The second kappa shape index (κ2) is 7.17. The van der Waals surface area contributed by atoms with Crippen LogP contribution in [0.2, 0.25) is 0 Å². The molecule has 0 saturated carbocycles. The number of carbonyl (C=O) groups excluding carboxylic acids is 2. The number of rotatable bonds is 6. The predicted molar refractivity (Wildman–Crippen MR) is 92.3 cm³/mol. The highest BCUT2D eigenvalue weighted by molar-refractivity contribution is 6.44. The quantitative estimate of drug-likeness (QED) is 0.535. The van der Waals surface area contributed by atoms with Crippen LogP contribution >= 0.6 is 0 Å². The Balaban J connectivity index is 1.65. The van der Waals surface area contributed by atoms with Crippen molar-refractivity contribution < 1.29 is 18.7 Å². The molecule has 0 unspecified atom stereocenters. The Labute approximate surface area is 143 Å². The first kappa shape index (κ1) is 16.7. The second-order valence-corrected chi connectivity index (χ2v) is 5.54. The molecule has 1 amide bonds. The molecule has 5 nitrogen and oxygen atoms in total. The standard InChI is InChI=1S/C19H17FN2O3/c1-25-17-5-3-2-4-12(17)8-9-21-19(24)18(23)15-11-22-16-10-13(20)6-7-14(15)16/h2-7,10-11,22H,8-9H2,1H3,(H,21,24). The minimum atomic E-state index is -0.694. The van der Waals surface area contributed by atoms with Crippen molar-refractivity contribution in [3.8, 4) is 5.75 Å². The van der Waals surface area contributed by atoms with Crippen LogP contribution in [0.1, 0.15) is 15.9 Å². The molecule has 0 spiro atoms. The van der Waals surface area contributed by atoms with Crippen LogP contribution in [0.3, 0.4) is 0 Å². The molecule has 6 heteroatoms. The molecule has 3 rings (SSSR count). The Bertz CT molecular complexity index is 933. The Morgan fingerprint density at radius 2 is 2.00 bits per heavy atom. The van der Waals surface area contributed by atoms with E-state index in [-0.39, 0.29) is 5.56 Å². The first-order valence-electron chi connectivity index (χ1n) is 7.81. The molecule has 0 aliphatic heterocycles. The molecule has 2 aromatic carbocycles. The van der Waals surface area contributed by atoms with Crippen LogP contribution in [-0.4, -0.2) is 30.3 Å². The highest BCUT2D eigenvalue weighted by atomic mass is 19.1. The van der Waals surface area contributed by atoms with Crippen molar-refractivity contribution in [2.24, 2.45) is 0 Å². The Kier molecular flexibility index (Phi) is 4.79. The van der Waals surface area contributed by atoms with E-state index in [4.69, 9.17) is 4.74 Å². The van der Waals surface area contributed by atoms with Crippen molar-refractivity contribution in [3.05, 3.63) is 65.6 Å². The number of para-hydroxylation sites is 1. The van der Waals surface area contributed by atoms with Gasteiger partial charge in [-0.25, -0.2) is 4.39 Å². The molecular formula is C19H17FN2O3. The number of fused-ring (bicyclic) bond motifs is 1. The smallest absolute Gasteiger partial charge is 0.292 e. The molecule has 25 heavy (non-hydrogen) atoms. The zero-order chi connectivity index (χ0) is 17.8. The molecule has 0 atom stereocenters. The fourth-order valence-corrected chi connectivity index (χ4v) is 2.71. The lowest BCUT2D eigenvalue weighted by Gasteiger charge is -2.08. The number of nitrogens with one attached hydrogen (secondary N) is 2. The van der Waals surface area contributed by atoms with Crippen LogP contribution in [0.15, 0.2) is 48.7 Å². The zero-order valence-corrected chi connectivity index (χ0v) is 13.6. The van der Waals surface area contributed by atoms with Gasteiger partial charge in [0.1, 0.15) is 11.6 Å². The maximum absolute atomic E-state index is 13.2. The number of H-pyrrole nitrogens is 1. The number of amides is 1. The van der Waals surface area contributed by atoms with Gasteiger partial charge in [-0.2, -0.15) is 0 Å². The molecule has 0 aliphatic carbocycles. The third-order valence-electron chi connectivity index (χ3n) is 3.97. The normalized spacial score (nSPS) is 10.6. The van der Waals surface area contributed by atoms with Gasteiger partial charge in [0.2, 0.25) is 0 Å². The monoisotopic (exact) mass is 340 g/mol. The molecule has 0 bridgehead atoms. The van der Waals surface area contributed by atoms with Crippen molar-refractivity contribution in [1.82, 2.24) is 10.3 Å². The summed E-state index contributed by atoms with van der Waals surface area (Å²) in [5, 5.41) is 3.13. The highest BCUT2D eigenvalue weighted by Gasteiger charge is 2.19. The lowest BCUT2D eigenvalue weighted by atomic mass is 10.1. The van der Waals surface area contributed by atoms with Crippen molar-refractivity contribution in [3.63, 3.8) is 0 Å². The summed E-state index contributed by atoms with van der Waals surface area (Å²) in [6.07, 6.45) is 1.97. The maximum atomic E-state index is 13.2. The number of Topliss-reactive ketones (excluding diaryl/α,β-unsaturated/α-hetero) is 1. The molecule has 0 aliphatic rings. The van der Waals surface area contributed by atoms with Gasteiger partial charge in [-0.1, -0.05) is 18.2 Å². The van der Waals surface area contributed by atoms with Crippen molar-refractivity contribution in [2.75, 3.05) is 13.7 Å². The summed E-state index contributed by atoms with van der Waals surface area (Å²) >= 11 is 0. The number of methoxy groups -OCH3 is 1. The van der Waals surface area contributed by atoms with Crippen LogP contribution in [0, 0.1) is 5.82 Å². The van der Waals surface area contributed by atoms with E-state index >= 15 is 0 Å². The van der Waals surface area contributed by atoms with Crippen LogP contribution in [-0.2, 0) is 11.2 Å². The highest BCUT2D eigenvalue weighted by Crippen LogP contribution is 2.20. The Hall–Kier alpha value is -3.15. The minimum Gasteiger partial charge on any atom is -0.496 e. The largest absolute Gasteiger partial charge is 0.496 e. The van der Waals surface area contributed by atoms with E-state index in [1.165, 1.54) is 24.4 Å². The van der Waals surface area contributed by atoms with Gasteiger partial charge in [0.25, 0.3) is 11.7 Å². The van der Waals surface area contributed by atoms with E-state index in [0.29, 0.717) is 23.9 Å². The van der Waals surface area contributed by atoms with Crippen LogP contribution in [0.4, 0.5) is 4.39 Å². The average molecular weight is 340 g/mol. The number of aromatic amines is 1. The molecule has 0 radical (unpaired) electrons. The summed E-state index contributed by atoms with van der Waals surface area (Å²) in [4.78, 5) is 27.2. The molecule has 1 heterocycles. The zero-order valence-electron chi connectivity index (χ0n) is 13.6. The number of hydrogen-bond acceptors (Lipinski definition) is 3. The van der Waals surface area contributed by atoms with E-state index in [0.717, 1.165) is 11.3 Å². The summed E-state index contributed by atoms with van der Waals surface area (Å²) in [6, 6.07) is 11.5. The first-order chi connectivity index (χ1) is 12.1. The number of benzene rings is 2. The summed E-state index contributed by atoms with van der Waals surface area (Å²) in [7, 11) is 1.58. The molecule has 0 saturated heterocycles. The third kappa shape index (κ3) is 3.52. The minimum absolute atomic E-state index is 0.227. The fourth-order valence-electron chi connectivity index (χ4n) is 2.71. The Morgan fingerprint density at radius 3 is 2.80 bits per heavy atom. The SMILES string of the molecule is COc1ccccc1CCNC(=O)C(=O)c1c[nH]c2cc(F)ccc12. The molecule has 1 aromatic heterocycles. The number of halogens is 1. The summed E-state index contributed by atoms with van der Waals surface area (Å²) in [6.45, 7) is 0.307. The van der Waals surface area contributed by atoms with Crippen molar-refractivity contribution in [1.29, 1.82) is 0 Å². The van der Waals surface area contributed by atoms with Gasteiger partial charge in [-0.15, -0.1) is 0 Å². The number of hydrogen-bond donors (Lipinski definition) is 2. The number of carbonyl (C=O) groups is 2. The topological polar surface area (TPSA) is 71.2 Å². The van der Waals surface area contributed by atoms with Gasteiger partial charge in [0.15, 0.2) is 0 Å². The molecule has 128 valence electrons. The van der Waals surface area contributed by atoms with Crippen molar-refractivity contribution >= 4 is 22.6 Å². The number of ketones is 1. The van der Waals surface area contributed by atoms with E-state index in [1.54, 1.807) is 7.11 Å². The maximum Gasteiger partial charge on any atom is 0.292 e. The second-order valence-electron chi connectivity index (χ2n) is 5.54. The van der Waals surface area contributed by atoms with E-state index in [9.17, 15) is 14.0 Å². The molecule has 3 aromatic rings. The molecular weight excluding hydrogens is 323 g/mol. The number of aromatic nitrogens is 1. The van der Waals surface area contributed by atoms with Gasteiger partial charge in [-0.05, 0) is 36.2 Å². The van der Waals surface area contributed by atoms with Crippen LogP contribution < -0.4 is 10.1 Å². The van der Waals surface area contributed by atoms with E-state index in [2.05, 4.69) is 10.3 Å². The lowest BCUT2D eigenvalue weighted by Crippen LogP contribution is -2.32. The Morgan fingerprint density at radius 1 is 1.20 bits per heavy atom. The van der Waals surface area contributed by atoms with Crippen LogP contribution in [0.25, 0.3) is 10.9 Å². The van der Waals surface area contributed by atoms with Gasteiger partial charge < -0.3 is 15.0 Å².